The van der Waals surface area contributed by atoms with Crippen LogP contribution in [-0.4, -0.2) is 26.8 Å². The van der Waals surface area contributed by atoms with Crippen molar-refractivity contribution in [2.24, 2.45) is 0 Å². The second-order valence-electron chi connectivity index (χ2n) is 6.77. The van der Waals surface area contributed by atoms with Crippen LogP contribution in [0.15, 0.2) is 42.5 Å². The van der Waals surface area contributed by atoms with Crippen molar-refractivity contribution in [1.82, 2.24) is 15.0 Å². The van der Waals surface area contributed by atoms with Crippen molar-refractivity contribution in [3.8, 4) is 11.3 Å². The van der Waals surface area contributed by atoms with E-state index in [0.717, 1.165) is 6.07 Å². The molecule has 30 heavy (non-hydrogen) atoms. The smallest absolute Gasteiger partial charge is 0.591 e. The summed E-state index contributed by atoms with van der Waals surface area (Å²) in [6.07, 6.45) is 0. The third-order valence-electron chi connectivity index (χ3n) is 4.26. The van der Waals surface area contributed by atoms with Crippen molar-refractivity contribution in [2.45, 2.75) is 26.2 Å². The minimum Gasteiger partial charge on any atom is -0.591 e. The quantitative estimate of drug-likeness (QED) is 0.339. The molecule has 3 aromatic heterocycles. The summed E-state index contributed by atoms with van der Waals surface area (Å²) in [4.78, 5) is 35.0. The molecule has 9 heteroatoms. The summed E-state index contributed by atoms with van der Waals surface area (Å²) in [5.74, 6) is -3.32. The van der Waals surface area contributed by atoms with Gasteiger partial charge in [-0.3, -0.25) is 9.97 Å². The van der Waals surface area contributed by atoms with Crippen molar-refractivity contribution < 1.29 is 39.4 Å². The number of aromatic nitrogens is 3. The summed E-state index contributed by atoms with van der Waals surface area (Å²) in [7, 11) is 0. The normalized spacial score (nSPS) is 10.8. The van der Waals surface area contributed by atoms with Gasteiger partial charge in [-0.25, -0.2) is 8.78 Å². The number of hydrogen-bond donors (Lipinski definition) is 0. The molecule has 0 bridgehead atoms. The van der Waals surface area contributed by atoms with Gasteiger partial charge in [0, 0.05) is 11.1 Å². The average Bonchev–Trinajstić information content (AvgIpc) is 2.67. The summed E-state index contributed by atoms with van der Waals surface area (Å²) in [6.45, 7) is 4.85. The van der Waals surface area contributed by atoms with Gasteiger partial charge in [-0.2, -0.15) is 0 Å². The van der Waals surface area contributed by atoms with Crippen LogP contribution < -0.4 is 0 Å². The third kappa shape index (κ3) is 5.00. The van der Waals surface area contributed by atoms with Crippen molar-refractivity contribution in [3.63, 3.8) is 0 Å². The first-order valence-corrected chi connectivity index (χ1v) is 8.64. The average molecular weight is 589 g/mol. The minimum absolute atomic E-state index is 0. The molecular weight excluding hydrogens is 573 g/mol. The van der Waals surface area contributed by atoms with Gasteiger partial charge in [-0.15, -0.1) is 6.07 Å². The molecule has 0 aliphatic heterocycles. The predicted molar refractivity (Wildman–Crippen MR) is 101 cm³/mol. The molecule has 3 aromatic rings. The fourth-order valence-electron chi connectivity index (χ4n) is 2.71. The fraction of sp³-hybridized carbons (Fsp3) is 0.190. The molecule has 0 fully saturated rings. The van der Waals surface area contributed by atoms with E-state index >= 15 is 0 Å². The Balaban J connectivity index is 0.00000320. The summed E-state index contributed by atoms with van der Waals surface area (Å²) < 4.78 is 27.1. The van der Waals surface area contributed by atoms with Crippen LogP contribution in [0.25, 0.3) is 16.6 Å². The monoisotopic (exact) mass is 589 g/mol. The number of imide groups is 1. The van der Waals surface area contributed by atoms with E-state index in [1.165, 1.54) is 13.0 Å². The van der Waals surface area contributed by atoms with E-state index < -0.39 is 29.1 Å². The zero-order valence-corrected chi connectivity index (χ0v) is 18.5. The second-order valence-corrected chi connectivity index (χ2v) is 6.77. The van der Waals surface area contributed by atoms with Crippen LogP contribution in [0.1, 0.15) is 42.6 Å². The minimum atomic E-state index is -1.01. The second kappa shape index (κ2) is 9.30. The number of amides is 2. The largest absolute Gasteiger partial charge is 2.00 e. The summed E-state index contributed by atoms with van der Waals surface area (Å²) in [5, 5.41) is 3.37. The molecular formula is C21H16F2N4O2Pt. The Morgan fingerprint density at radius 2 is 1.63 bits per heavy atom. The van der Waals surface area contributed by atoms with Gasteiger partial charge in [0.1, 0.15) is 17.8 Å². The van der Waals surface area contributed by atoms with Crippen molar-refractivity contribution >= 4 is 11.8 Å². The van der Waals surface area contributed by atoms with Gasteiger partial charge >= 0.3 is 21.1 Å². The van der Waals surface area contributed by atoms with Gasteiger partial charge in [0.2, 0.25) is 0 Å². The van der Waals surface area contributed by atoms with E-state index in [-0.39, 0.29) is 38.0 Å². The molecule has 0 aliphatic carbocycles. The molecule has 6 nitrogen and oxygen atoms in total. The van der Waals surface area contributed by atoms with E-state index in [0.29, 0.717) is 11.4 Å². The molecule has 0 saturated carbocycles. The first-order chi connectivity index (χ1) is 13.7. The van der Waals surface area contributed by atoms with Gasteiger partial charge in [0.15, 0.2) is 0 Å². The molecule has 0 saturated heterocycles. The van der Waals surface area contributed by atoms with Crippen molar-refractivity contribution in [1.29, 1.82) is 0 Å². The maximum absolute atomic E-state index is 14.0. The van der Waals surface area contributed by atoms with Gasteiger partial charge in [-0.1, -0.05) is 29.8 Å². The maximum atomic E-state index is 14.0. The molecule has 0 spiro atoms. The van der Waals surface area contributed by atoms with E-state index in [4.69, 9.17) is 0 Å². The molecule has 0 aromatic carbocycles. The number of hydrogen-bond acceptors (Lipinski definition) is 5. The van der Waals surface area contributed by atoms with E-state index in [9.17, 15) is 18.4 Å². The molecule has 0 radical (unpaired) electrons. The zero-order chi connectivity index (χ0) is 21.2. The third-order valence-corrected chi connectivity index (χ3v) is 4.26. The Kier molecular flexibility index (Phi) is 7.26. The number of rotatable bonds is 4. The SMILES string of the molecule is CC(=O)[N-]C(=O)c1cccc(C(C)(C)c2cccc(-c3[c-]cc(F)nc3F)n2)n1.[Pt+2]. The number of halogens is 2. The molecule has 2 amide bonds. The number of carbonyl (C=O) groups is 2. The fourth-order valence-corrected chi connectivity index (χ4v) is 2.71. The Labute approximate surface area is 186 Å². The Morgan fingerprint density at radius 3 is 2.27 bits per heavy atom. The molecule has 0 N–H and O–H groups in total. The number of nitrogens with zero attached hydrogens (tertiary/aromatic N) is 4. The van der Waals surface area contributed by atoms with E-state index in [2.05, 4.69) is 26.3 Å². The van der Waals surface area contributed by atoms with Crippen LogP contribution in [0.5, 0.6) is 0 Å². The topological polar surface area (TPSA) is 86.9 Å². The van der Waals surface area contributed by atoms with E-state index in [1.807, 2.05) is 13.8 Å². The van der Waals surface area contributed by atoms with Crippen LogP contribution in [0.3, 0.4) is 0 Å². The van der Waals surface area contributed by atoms with Crippen molar-refractivity contribution in [2.75, 3.05) is 0 Å². The zero-order valence-electron chi connectivity index (χ0n) is 16.2. The van der Waals surface area contributed by atoms with Crippen molar-refractivity contribution in [3.05, 3.63) is 82.8 Å². The van der Waals surface area contributed by atoms with Crippen LogP contribution in [0, 0.1) is 18.0 Å². The standard InChI is InChI=1S/C21H17F2N4O2.Pt/c1-12(28)24-20(29)15-7-5-9-17(26-15)21(2,3)16-8-4-6-14(25-16)13-10-11-18(22)27-19(13)23;/h4-9,11H,1-3H3,(H,24,28,29);/q-1;+2/p-1. The van der Waals surface area contributed by atoms with Crippen LogP contribution in [0.2, 0.25) is 0 Å². The Hall–Kier alpha value is -2.86. The summed E-state index contributed by atoms with van der Waals surface area (Å²) in [6, 6.07) is 13.2. The van der Waals surface area contributed by atoms with Gasteiger partial charge < -0.3 is 19.9 Å². The Bertz CT molecular complexity index is 1110. The van der Waals surface area contributed by atoms with Crippen LogP contribution >= 0.6 is 0 Å². The molecule has 0 aliphatic rings. The first-order valence-electron chi connectivity index (χ1n) is 8.64. The first kappa shape index (κ1) is 23.4. The maximum Gasteiger partial charge on any atom is 2.00 e. The van der Waals surface area contributed by atoms with E-state index in [1.54, 1.807) is 30.3 Å². The predicted octanol–water partition coefficient (Wildman–Crippen LogP) is 4.00. The van der Waals surface area contributed by atoms with Crippen LogP contribution in [0.4, 0.5) is 8.78 Å². The van der Waals surface area contributed by atoms with Crippen LogP contribution in [-0.2, 0) is 31.3 Å². The molecule has 0 atom stereocenters. The Morgan fingerprint density at radius 1 is 1.00 bits per heavy atom. The molecule has 0 unspecified atom stereocenters. The van der Waals surface area contributed by atoms with Gasteiger partial charge in [-0.05, 0) is 44.7 Å². The van der Waals surface area contributed by atoms with Gasteiger partial charge in [0.25, 0.3) is 0 Å². The summed E-state index contributed by atoms with van der Waals surface area (Å²) in [5.41, 5.74) is 0.484. The molecule has 3 heterocycles. The number of pyridine rings is 3. The van der Waals surface area contributed by atoms with Gasteiger partial charge in [0.05, 0.1) is 17.3 Å². The summed E-state index contributed by atoms with van der Waals surface area (Å²) >= 11 is 0. The number of carbonyl (C=O) groups excluding carboxylic acids is 2. The molecule has 156 valence electrons. The molecule has 3 rings (SSSR count).